The van der Waals surface area contributed by atoms with Gasteiger partial charge < -0.3 is 0 Å². The number of aryl methyl sites for hydroxylation is 2. The lowest BCUT2D eigenvalue weighted by Gasteiger charge is -2.10. The van der Waals surface area contributed by atoms with Gasteiger partial charge in [0.2, 0.25) is 0 Å². The molecule has 0 radical (unpaired) electrons. The average molecular weight is 349 g/mol. The lowest BCUT2D eigenvalue weighted by molar-refractivity contribution is 0.622. The molecule has 23 heavy (non-hydrogen) atoms. The van der Waals surface area contributed by atoms with Crippen LogP contribution in [0, 0.1) is 19.7 Å². The minimum atomic E-state index is -2.93. The van der Waals surface area contributed by atoms with Crippen molar-refractivity contribution in [3.05, 3.63) is 47.5 Å². The fourth-order valence-corrected chi connectivity index (χ4v) is 5.18. The van der Waals surface area contributed by atoms with E-state index in [0.717, 1.165) is 11.4 Å². The number of aromatic nitrogens is 3. The molecule has 2 heterocycles. The number of hydrogen-bond donors (Lipinski definition) is 0. The second-order valence-corrected chi connectivity index (χ2v) is 8.27. The maximum Gasteiger partial charge on any atom is 0.172 e. The van der Waals surface area contributed by atoms with Crippen LogP contribution in [0.4, 0.5) is 4.39 Å². The van der Waals surface area contributed by atoms with Crippen LogP contribution in [0.2, 0.25) is 0 Å². The van der Waals surface area contributed by atoms with Crippen molar-refractivity contribution < 1.29 is 8.60 Å². The van der Waals surface area contributed by atoms with Gasteiger partial charge in [-0.05, 0) is 50.2 Å². The highest BCUT2D eigenvalue weighted by Gasteiger charge is 2.24. The number of nitrogens with zero attached hydrogens (tertiary/aromatic N) is 3. The maximum absolute atomic E-state index is 13.6. The van der Waals surface area contributed by atoms with Gasteiger partial charge in [0.1, 0.15) is 15.7 Å². The van der Waals surface area contributed by atoms with Gasteiger partial charge >= 0.3 is 0 Å². The number of rotatable bonds is 3. The molecule has 2 aromatic heterocycles. The van der Waals surface area contributed by atoms with Gasteiger partial charge in [-0.15, -0.1) is 11.8 Å². The molecule has 1 aromatic carbocycles. The molecular formula is C16H16FN3OS2. The van der Waals surface area contributed by atoms with Gasteiger partial charge in [0.15, 0.2) is 5.65 Å². The predicted molar refractivity (Wildman–Crippen MR) is 92.4 cm³/mol. The first-order valence-electron chi connectivity index (χ1n) is 6.88. The van der Waals surface area contributed by atoms with Crippen molar-refractivity contribution in [1.29, 1.82) is 0 Å². The van der Waals surface area contributed by atoms with Gasteiger partial charge in [0.05, 0.1) is 0 Å². The second-order valence-electron chi connectivity index (χ2n) is 5.25. The Morgan fingerprint density at radius 1 is 1.30 bits per heavy atom. The molecule has 0 saturated carbocycles. The molecule has 1 atom stereocenters. The molecule has 7 heteroatoms. The van der Waals surface area contributed by atoms with Gasteiger partial charge in [-0.1, -0.05) is 6.07 Å². The van der Waals surface area contributed by atoms with Crippen molar-refractivity contribution in [1.82, 2.24) is 14.6 Å². The molecule has 0 bridgehead atoms. The molecule has 4 nitrogen and oxygen atoms in total. The molecule has 0 aliphatic rings. The van der Waals surface area contributed by atoms with Crippen molar-refractivity contribution in [2.24, 2.45) is 0 Å². The third-order valence-corrected chi connectivity index (χ3v) is 6.38. The zero-order valence-corrected chi connectivity index (χ0v) is 14.7. The smallest absolute Gasteiger partial charge is 0.172 e. The Balaban J connectivity index is 2.39. The summed E-state index contributed by atoms with van der Waals surface area (Å²) >= 11 is 1.38. The van der Waals surface area contributed by atoms with Crippen LogP contribution in [0.5, 0.6) is 0 Å². The van der Waals surface area contributed by atoms with Crippen LogP contribution in [-0.2, 0) is 9.52 Å². The molecule has 120 valence electrons. The van der Waals surface area contributed by atoms with E-state index in [1.807, 2.05) is 26.2 Å². The van der Waals surface area contributed by atoms with Crippen LogP contribution in [0.25, 0.3) is 5.65 Å². The first-order chi connectivity index (χ1) is 10.8. The summed E-state index contributed by atoms with van der Waals surface area (Å²) in [4.78, 5) is 5.29. The third-order valence-electron chi connectivity index (χ3n) is 3.52. The summed E-state index contributed by atoms with van der Waals surface area (Å²) in [5.74, 6) is 3.45. The van der Waals surface area contributed by atoms with E-state index in [-0.39, 0.29) is 0 Å². The largest absolute Gasteiger partial charge is 0.258 e. The SMILES string of the molecule is C=S(=O)(c1cccc(F)c1)c1c(SC)nn2c(C)cc(C)nc12. The summed E-state index contributed by atoms with van der Waals surface area (Å²) in [7, 11) is -2.93. The van der Waals surface area contributed by atoms with Crippen LogP contribution in [0.15, 0.2) is 45.1 Å². The van der Waals surface area contributed by atoms with Crippen molar-refractivity contribution in [3.63, 3.8) is 0 Å². The molecule has 1 unspecified atom stereocenters. The first-order valence-corrected chi connectivity index (χ1v) is 9.83. The summed E-state index contributed by atoms with van der Waals surface area (Å²) < 4.78 is 28.7. The summed E-state index contributed by atoms with van der Waals surface area (Å²) in [5.41, 5.74) is 2.21. The van der Waals surface area contributed by atoms with Crippen molar-refractivity contribution in [3.8, 4) is 0 Å². The Morgan fingerprint density at radius 2 is 2.04 bits per heavy atom. The van der Waals surface area contributed by atoms with E-state index in [4.69, 9.17) is 0 Å². The zero-order chi connectivity index (χ0) is 16.8. The van der Waals surface area contributed by atoms with Gasteiger partial charge in [0.25, 0.3) is 0 Å². The monoisotopic (exact) mass is 349 g/mol. The van der Waals surface area contributed by atoms with Crippen LogP contribution in [-0.4, -0.2) is 30.9 Å². The first kappa shape index (κ1) is 16.0. The minimum Gasteiger partial charge on any atom is -0.258 e. The van der Waals surface area contributed by atoms with Gasteiger partial charge in [0, 0.05) is 25.8 Å². The Morgan fingerprint density at radius 3 is 2.70 bits per heavy atom. The highest BCUT2D eigenvalue weighted by atomic mass is 32.2. The standard InChI is InChI=1S/C16H16FN3OS2/c1-10-8-11(2)20-15(18-10)14(16(19-20)22-3)23(4,21)13-7-5-6-12(17)9-13/h5-9H,4H2,1-3H3. The van der Waals surface area contributed by atoms with E-state index in [0.29, 0.717) is 20.5 Å². The Labute approximate surface area is 138 Å². The highest BCUT2D eigenvalue weighted by Crippen LogP contribution is 2.32. The fourth-order valence-electron chi connectivity index (χ4n) is 2.49. The molecule has 0 aliphatic carbocycles. The van der Waals surface area contributed by atoms with E-state index in [9.17, 15) is 8.60 Å². The molecule has 3 aromatic rings. The van der Waals surface area contributed by atoms with Crippen LogP contribution in [0.3, 0.4) is 0 Å². The average Bonchev–Trinajstić information content (AvgIpc) is 2.86. The molecule has 3 rings (SSSR count). The Bertz CT molecular complexity index is 1010. The summed E-state index contributed by atoms with van der Waals surface area (Å²) in [6.07, 6.45) is 1.86. The normalized spacial score (nSPS) is 14.1. The summed E-state index contributed by atoms with van der Waals surface area (Å²) in [5, 5.41) is 5.08. The van der Waals surface area contributed by atoms with E-state index < -0.39 is 15.3 Å². The van der Waals surface area contributed by atoms with E-state index in [1.54, 1.807) is 10.6 Å². The van der Waals surface area contributed by atoms with Gasteiger partial charge in [-0.25, -0.2) is 13.9 Å². The van der Waals surface area contributed by atoms with Crippen molar-refractivity contribution in [2.45, 2.75) is 28.7 Å². The predicted octanol–water partition coefficient (Wildman–Crippen LogP) is 3.34. The second kappa shape index (κ2) is 5.65. The van der Waals surface area contributed by atoms with Crippen molar-refractivity contribution in [2.75, 3.05) is 6.26 Å². The molecule has 0 N–H and O–H groups in total. The molecule has 0 aliphatic heterocycles. The summed E-state index contributed by atoms with van der Waals surface area (Å²) in [6.45, 7) is 3.78. The van der Waals surface area contributed by atoms with E-state index >= 15 is 0 Å². The molecular weight excluding hydrogens is 333 g/mol. The van der Waals surface area contributed by atoms with E-state index in [1.165, 1.54) is 30.0 Å². The van der Waals surface area contributed by atoms with Crippen LogP contribution >= 0.6 is 11.8 Å². The maximum atomic E-state index is 13.6. The Hall–Kier alpha value is -1.86. The number of halogens is 1. The minimum absolute atomic E-state index is 0.337. The zero-order valence-electron chi connectivity index (χ0n) is 13.0. The summed E-state index contributed by atoms with van der Waals surface area (Å²) in [6, 6.07) is 7.63. The molecule has 0 amide bonds. The number of thioether (sulfide) groups is 1. The topological polar surface area (TPSA) is 47.3 Å². The fraction of sp³-hybridized carbons (Fsp3) is 0.188. The third kappa shape index (κ3) is 2.64. The highest BCUT2D eigenvalue weighted by molar-refractivity contribution is 8.02. The van der Waals surface area contributed by atoms with Gasteiger partial charge in [-0.2, -0.15) is 5.10 Å². The Kier molecular flexibility index (Phi) is 3.93. The number of benzene rings is 1. The van der Waals surface area contributed by atoms with Crippen LogP contribution in [0.1, 0.15) is 11.4 Å². The van der Waals surface area contributed by atoms with Crippen LogP contribution < -0.4 is 0 Å². The number of hydrogen-bond acceptors (Lipinski definition) is 4. The molecule has 0 fully saturated rings. The van der Waals surface area contributed by atoms with Gasteiger partial charge in [-0.3, -0.25) is 4.21 Å². The van der Waals surface area contributed by atoms with Crippen molar-refractivity contribution >= 4 is 32.8 Å². The quantitative estimate of drug-likeness (QED) is 0.537. The molecule has 0 spiro atoms. The molecule has 0 saturated heterocycles. The lowest BCUT2D eigenvalue weighted by Crippen LogP contribution is -2.05. The van der Waals surface area contributed by atoms with E-state index in [2.05, 4.69) is 16.0 Å². The number of fused-ring (bicyclic) bond motifs is 1. The lowest BCUT2D eigenvalue weighted by atomic mass is 10.3.